The minimum Gasteiger partial charge on any atom is -0.494 e. The van der Waals surface area contributed by atoms with Gasteiger partial charge in [-0.05, 0) is 30.8 Å². The molecule has 0 radical (unpaired) electrons. The number of para-hydroxylation sites is 1. The predicted octanol–water partition coefficient (Wildman–Crippen LogP) is 2.74. The van der Waals surface area contributed by atoms with Crippen molar-refractivity contribution < 1.29 is 9.47 Å². The molecule has 2 rings (SSSR count). The van der Waals surface area contributed by atoms with E-state index < -0.39 is 0 Å². The second kappa shape index (κ2) is 5.33. The van der Waals surface area contributed by atoms with Gasteiger partial charge in [0.1, 0.15) is 11.3 Å². The maximum absolute atomic E-state index is 5.32. The van der Waals surface area contributed by atoms with Crippen molar-refractivity contribution in [3.63, 3.8) is 0 Å². The Hall–Kier alpha value is -1.33. The molecule has 1 heterocycles. The second-order valence-electron chi connectivity index (χ2n) is 3.78. The van der Waals surface area contributed by atoms with E-state index in [9.17, 15) is 0 Å². The molecule has 1 N–H and O–H groups in total. The monoisotopic (exact) mass is 252 g/mol. The van der Waals surface area contributed by atoms with Crippen LogP contribution in [0, 0.1) is 4.77 Å². The van der Waals surface area contributed by atoms with Gasteiger partial charge in [-0.3, -0.25) is 0 Å². The van der Waals surface area contributed by atoms with Crippen LogP contribution in [0.1, 0.15) is 6.42 Å². The molecule has 0 amide bonds. The number of ether oxygens (including phenoxy) is 2. The summed E-state index contributed by atoms with van der Waals surface area (Å²) in [4.78, 5) is 3.19. The minimum atomic E-state index is 0.723. The first-order valence-electron chi connectivity index (χ1n) is 5.52. The summed E-state index contributed by atoms with van der Waals surface area (Å²) in [5, 5.41) is 0. The van der Waals surface area contributed by atoms with E-state index in [4.69, 9.17) is 21.7 Å². The highest BCUT2D eigenvalue weighted by atomic mass is 32.1. The summed E-state index contributed by atoms with van der Waals surface area (Å²) in [6.45, 7) is 1.58. The van der Waals surface area contributed by atoms with E-state index in [0.29, 0.717) is 0 Å². The fourth-order valence-electron chi connectivity index (χ4n) is 1.91. The normalized spacial score (nSPS) is 10.9. The van der Waals surface area contributed by atoms with Gasteiger partial charge in [0, 0.05) is 20.3 Å². The summed E-state index contributed by atoms with van der Waals surface area (Å²) in [6, 6.07) is 5.93. The lowest BCUT2D eigenvalue weighted by atomic mass is 10.3. The fourth-order valence-corrected chi connectivity index (χ4v) is 2.20. The molecule has 1 aromatic carbocycles. The van der Waals surface area contributed by atoms with Gasteiger partial charge in [-0.25, -0.2) is 0 Å². The van der Waals surface area contributed by atoms with E-state index in [1.54, 1.807) is 14.2 Å². The van der Waals surface area contributed by atoms with Crippen molar-refractivity contribution in [2.45, 2.75) is 13.0 Å². The molecule has 0 aliphatic heterocycles. The van der Waals surface area contributed by atoms with Crippen molar-refractivity contribution in [3.8, 4) is 5.75 Å². The molecule has 0 aliphatic rings. The first-order valence-corrected chi connectivity index (χ1v) is 5.93. The summed E-state index contributed by atoms with van der Waals surface area (Å²) in [5.41, 5.74) is 2.03. The van der Waals surface area contributed by atoms with Crippen LogP contribution in [0.5, 0.6) is 5.75 Å². The Bertz CT molecular complexity index is 559. The number of nitrogens with zero attached hydrogens (tertiary/aromatic N) is 1. The van der Waals surface area contributed by atoms with Crippen LogP contribution in [0.2, 0.25) is 0 Å². The van der Waals surface area contributed by atoms with Crippen molar-refractivity contribution in [1.82, 2.24) is 9.55 Å². The van der Waals surface area contributed by atoms with E-state index in [1.165, 1.54) is 0 Å². The average Bonchev–Trinajstić information content (AvgIpc) is 2.66. The summed E-state index contributed by atoms with van der Waals surface area (Å²) in [7, 11) is 3.37. The van der Waals surface area contributed by atoms with Crippen LogP contribution in [-0.2, 0) is 11.3 Å². The predicted molar refractivity (Wildman–Crippen MR) is 70.2 cm³/mol. The van der Waals surface area contributed by atoms with Gasteiger partial charge in [-0.1, -0.05) is 6.07 Å². The third-order valence-electron chi connectivity index (χ3n) is 2.72. The van der Waals surface area contributed by atoms with Crippen molar-refractivity contribution in [3.05, 3.63) is 23.0 Å². The third kappa shape index (κ3) is 2.35. The molecule has 0 unspecified atom stereocenters. The van der Waals surface area contributed by atoms with Crippen molar-refractivity contribution in [1.29, 1.82) is 0 Å². The zero-order valence-electron chi connectivity index (χ0n) is 10.0. The number of methoxy groups -OCH3 is 2. The van der Waals surface area contributed by atoms with Crippen LogP contribution in [-0.4, -0.2) is 30.4 Å². The van der Waals surface area contributed by atoms with Crippen LogP contribution in [0.3, 0.4) is 0 Å². The smallest absolute Gasteiger partial charge is 0.178 e. The van der Waals surface area contributed by atoms with Gasteiger partial charge in [-0.15, -0.1) is 0 Å². The van der Waals surface area contributed by atoms with Gasteiger partial charge in [0.05, 0.1) is 12.6 Å². The van der Waals surface area contributed by atoms with Gasteiger partial charge in [0.2, 0.25) is 0 Å². The molecular weight excluding hydrogens is 236 g/mol. The molecule has 2 aromatic rings. The van der Waals surface area contributed by atoms with Gasteiger partial charge < -0.3 is 19.0 Å². The van der Waals surface area contributed by atoms with Crippen LogP contribution in [0.15, 0.2) is 18.2 Å². The Labute approximate surface area is 105 Å². The van der Waals surface area contributed by atoms with E-state index in [-0.39, 0.29) is 0 Å². The molecule has 4 nitrogen and oxygen atoms in total. The Morgan fingerprint density at radius 1 is 1.35 bits per heavy atom. The summed E-state index contributed by atoms with van der Waals surface area (Å²) in [6.07, 6.45) is 0.939. The number of rotatable bonds is 5. The molecule has 92 valence electrons. The molecule has 0 saturated carbocycles. The molecule has 1 aromatic heterocycles. The molecule has 0 bridgehead atoms. The van der Waals surface area contributed by atoms with E-state index in [1.807, 2.05) is 18.2 Å². The van der Waals surface area contributed by atoms with Crippen molar-refractivity contribution >= 4 is 23.3 Å². The number of nitrogens with one attached hydrogen (secondary N) is 1. The van der Waals surface area contributed by atoms with E-state index in [0.717, 1.165) is 41.1 Å². The molecule has 5 heteroatoms. The number of fused-ring (bicyclic) bond motifs is 1. The molecule has 0 aliphatic carbocycles. The minimum absolute atomic E-state index is 0.723. The molecule has 0 atom stereocenters. The summed E-state index contributed by atoms with van der Waals surface area (Å²) in [5.74, 6) is 0.819. The molecule has 0 saturated heterocycles. The number of imidazole rings is 1. The lowest BCUT2D eigenvalue weighted by Crippen LogP contribution is -2.01. The number of H-pyrrole nitrogens is 1. The quantitative estimate of drug-likeness (QED) is 0.657. The zero-order chi connectivity index (χ0) is 12.3. The zero-order valence-corrected chi connectivity index (χ0v) is 10.8. The maximum Gasteiger partial charge on any atom is 0.178 e. The third-order valence-corrected chi connectivity index (χ3v) is 3.04. The SMILES string of the molecule is COCCCn1c(=S)[nH]c2c(OC)cccc21. The Morgan fingerprint density at radius 2 is 2.18 bits per heavy atom. The van der Waals surface area contributed by atoms with Crippen molar-refractivity contribution in [2.24, 2.45) is 0 Å². The number of aryl methyl sites for hydroxylation is 1. The van der Waals surface area contributed by atoms with Crippen LogP contribution in [0.25, 0.3) is 11.0 Å². The standard InChI is InChI=1S/C12H16N2O2S/c1-15-8-4-7-14-9-5-3-6-10(16-2)11(9)13-12(14)17/h3,5-6H,4,7-8H2,1-2H3,(H,13,17). The maximum atomic E-state index is 5.32. The number of hydrogen-bond acceptors (Lipinski definition) is 3. The number of hydrogen-bond donors (Lipinski definition) is 1. The second-order valence-corrected chi connectivity index (χ2v) is 4.17. The van der Waals surface area contributed by atoms with Gasteiger partial charge in [-0.2, -0.15) is 0 Å². The number of benzene rings is 1. The van der Waals surface area contributed by atoms with Crippen molar-refractivity contribution in [2.75, 3.05) is 20.8 Å². The van der Waals surface area contributed by atoms with Gasteiger partial charge in [0.15, 0.2) is 4.77 Å². The highest BCUT2D eigenvalue weighted by molar-refractivity contribution is 7.71. The molecular formula is C12H16N2O2S. The highest BCUT2D eigenvalue weighted by Gasteiger charge is 2.07. The van der Waals surface area contributed by atoms with E-state index in [2.05, 4.69) is 9.55 Å². The Kier molecular flexibility index (Phi) is 3.81. The lowest BCUT2D eigenvalue weighted by molar-refractivity contribution is 0.190. The Balaban J connectivity index is 2.42. The first-order chi connectivity index (χ1) is 8.27. The van der Waals surface area contributed by atoms with Gasteiger partial charge >= 0.3 is 0 Å². The van der Waals surface area contributed by atoms with Crippen LogP contribution >= 0.6 is 12.2 Å². The fraction of sp³-hybridized carbons (Fsp3) is 0.417. The summed E-state index contributed by atoms with van der Waals surface area (Å²) >= 11 is 5.32. The topological polar surface area (TPSA) is 39.2 Å². The Morgan fingerprint density at radius 3 is 2.88 bits per heavy atom. The molecule has 0 spiro atoms. The highest BCUT2D eigenvalue weighted by Crippen LogP contribution is 2.24. The van der Waals surface area contributed by atoms with Gasteiger partial charge in [0.25, 0.3) is 0 Å². The number of aromatic nitrogens is 2. The molecule has 0 fully saturated rings. The largest absolute Gasteiger partial charge is 0.494 e. The first kappa shape index (κ1) is 12.1. The van der Waals surface area contributed by atoms with Crippen LogP contribution < -0.4 is 4.74 Å². The van der Waals surface area contributed by atoms with Crippen LogP contribution in [0.4, 0.5) is 0 Å². The lowest BCUT2D eigenvalue weighted by Gasteiger charge is -2.05. The average molecular weight is 252 g/mol. The number of aromatic amines is 1. The molecule has 17 heavy (non-hydrogen) atoms. The summed E-state index contributed by atoms with van der Waals surface area (Å²) < 4.78 is 13.2. The van der Waals surface area contributed by atoms with E-state index >= 15 is 0 Å².